The van der Waals surface area contributed by atoms with E-state index < -0.39 is 10.8 Å². The highest BCUT2D eigenvalue weighted by Gasteiger charge is 2.71. The first kappa shape index (κ1) is 11.5. The van der Waals surface area contributed by atoms with Crippen LogP contribution in [0.3, 0.4) is 0 Å². The molecule has 0 heterocycles. The highest BCUT2D eigenvalue weighted by Crippen LogP contribution is 2.67. The maximum Gasteiger partial charge on any atom is 0.158 e. The van der Waals surface area contributed by atoms with Crippen LogP contribution in [0.2, 0.25) is 0 Å². The Bertz CT molecular complexity index is 621. The fourth-order valence-electron chi connectivity index (χ4n) is 2.96. The van der Waals surface area contributed by atoms with Gasteiger partial charge in [0.15, 0.2) is 5.41 Å². The van der Waals surface area contributed by atoms with E-state index >= 15 is 0 Å². The molecule has 19 heavy (non-hydrogen) atoms. The van der Waals surface area contributed by atoms with Gasteiger partial charge >= 0.3 is 0 Å². The van der Waals surface area contributed by atoms with Crippen LogP contribution >= 0.6 is 0 Å². The molecule has 2 aromatic carbocycles. The second-order valence-electron chi connectivity index (χ2n) is 4.94. The summed E-state index contributed by atoms with van der Waals surface area (Å²) < 4.78 is 0. The Balaban J connectivity index is 2.22. The summed E-state index contributed by atoms with van der Waals surface area (Å²) in [5.74, 6) is 0. The molecule has 0 saturated heterocycles. The van der Waals surface area contributed by atoms with Gasteiger partial charge in [-0.2, -0.15) is 10.5 Å². The van der Waals surface area contributed by atoms with E-state index in [1.54, 1.807) is 0 Å². The van der Waals surface area contributed by atoms with Crippen molar-refractivity contribution in [2.45, 2.75) is 11.8 Å². The van der Waals surface area contributed by atoms with E-state index in [2.05, 4.69) is 12.1 Å². The summed E-state index contributed by atoms with van der Waals surface area (Å²) in [6.07, 6.45) is 0.570. The summed E-state index contributed by atoms with van der Waals surface area (Å²) in [4.78, 5) is 0. The molecule has 0 spiro atoms. The number of benzene rings is 2. The molecule has 0 aliphatic heterocycles. The fraction of sp³-hybridized carbons (Fsp3) is 0.176. The third-order valence-corrected chi connectivity index (χ3v) is 4.05. The van der Waals surface area contributed by atoms with Crippen molar-refractivity contribution in [3.05, 3.63) is 71.8 Å². The molecule has 3 rings (SSSR count). The van der Waals surface area contributed by atoms with E-state index in [1.807, 2.05) is 60.7 Å². The van der Waals surface area contributed by atoms with Crippen LogP contribution in [0.5, 0.6) is 0 Å². The molecule has 0 bridgehead atoms. The Hall–Kier alpha value is -2.58. The van der Waals surface area contributed by atoms with Crippen LogP contribution in [0, 0.1) is 28.1 Å². The second kappa shape index (κ2) is 3.97. The minimum absolute atomic E-state index is 0.473. The van der Waals surface area contributed by atoms with Gasteiger partial charge in [-0.1, -0.05) is 60.7 Å². The summed E-state index contributed by atoms with van der Waals surface area (Å²) in [5, 5.41) is 18.9. The van der Waals surface area contributed by atoms with E-state index in [-0.39, 0.29) is 0 Å². The Morgan fingerprint density at radius 1 is 0.737 bits per heavy atom. The lowest BCUT2D eigenvalue weighted by atomic mass is 9.81. The van der Waals surface area contributed by atoms with Gasteiger partial charge in [0.2, 0.25) is 0 Å². The Kier molecular flexibility index (Phi) is 2.40. The van der Waals surface area contributed by atoms with E-state index in [9.17, 15) is 10.5 Å². The largest absolute Gasteiger partial charge is 0.197 e. The average Bonchev–Trinajstić information content (AvgIpc) is 3.20. The zero-order valence-electron chi connectivity index (χ0n) is 10.4. The summed E-state index contributed by atoms with van der Waals surface area (Å²) in [5.41, 5.74) is 0.683. The van der Waals surface area contributed by atoms with Crippen LogP contribution in [-0.4, -0.2) is 0 Å². The van der Waals surface area contributed by atoms with Crippen LogP contribution in [0.4, 0.5) is 0 Å². The van der Waals surface area contributed by atoms with Gasteiger partial charge < -0.3 is 0 Å². The van der Waals surface area contributed by atoms with Gasteiger partial charge in [-0.3, -0.25) is 0 Å². The standard InChI is InChI=1S/C17H12N2/c18-12-16(13-19)11-17(16,14-7-3-1-4-8-14)15-9-5-2-6-10-15/h1-10H,11H2. The van der Waals surface area contributed by atoms with E-state index in [0.29, 0.717) is 6.42 Å². The maximum atomic E-state index is 9.44. The van der Waals surface area contributed by atoms with Crippen molar-refractivity contribution in [3.63, 3.8) is 0 Å². The van der Waals surface area contributed by atoms with Crippen LogP contribution in [-0.2, 0) is 5.41 Å². The second-order valence-corrected chi connectivity index (χ2v) is 4.94. The summed E-state index contributed by atoms with van der Waals surface area (Å²) in [6, 6.07) is 24.2. The lowest BCUT2D eigenvalue weighted by molar-refractivity contribution is 0.707. The summed E-state index contributed by atoms with van der Waals surface area (Å²) in [6.45, 7) is 0. The smallest absolute Gasteiger partial charge is 0.158 e. The molecule has 2 aromatic rings. The van der Waals surface area contributed by atoms with E-state index in [4.69, 9.17) is 0 Å². The number of rotatable bonds is 2. The molecular formula is C17H12N2. The molecular weight excluding hydrogens is 232 g/mol. The fourth-order valence-corrected chi connectivity index (χ4v) is 2.96. The van der Waals surface area contributed by atoms with Crippen molar-refractivity contribution in [1.82, 2.24) is 0 Å². The minimum atomic E-state index is -0.935. The molecule has 1 saturated carbocycles. The first-order valence-electron chi connectivity index (χ1n) is 6.23. The van der Waals surface area contributed by atoms with Crippen LogP contribution < -0.4 is 0 Å². The normalized spacial score (nSPS) is 18.0. The molecule has 0 atom stereocenters. The lowest BCUT2D eigenvalue weighted by Crippen LogP contribution is -2.18. The quantitative estimate of drug-likeness (QED) is 0.812. The molecule has 2 nitrogen and oxygen atoms in total. The van der Waals surface area contributed by atoms with Gasteiger partial charge in [0.1, 0.15) is 0 Å². The monoisotopic (exact) mass is 244 g/mol. The average molecular weight is 244 g/mol. The van der Waals surface area contributed by atoms with Crippen LogP contribution in [0.25, 0.3) is 0 Å². The SMILES string of the molecule is N#CC1(C#N)CC1(c1ccccc1)c1ccccc1. The van der Waals surface area contributed by atoms with E-state index in [0.717, 1.165) is 11.1 Å². The molecule has 0 radical (unpaired) electrons. The molecule has 1 aliphatic rings. The Morgan fingerprint density at radius 3 is 1.47 bits per heavy atom. The molecule has 90 valence electrons. The molecule has 2 heteroatoms. The van der Waals surface area contributed by atoms with Gasteiger partial charge in [0.25, 0.3) is 0 Å². The van der Waals surface area contributed by atoms with Crippen LogP contribution in [0.15, 0.2) is 60.7 Å². The molecule has 0 aromatic heterocycles. The zero-order chi connectivity index (χ0) is 13.3. The number of hydrogen-bond acceptors (Lipinski definition) is 2. The van der Waals surface area contributed by atoms with Crippen molar-refractivity contribution < 1.29 is 0 Å². The first-order chi connectivity index (χ1) is 9.29. The first-order valence-corrected chi connectivity index (χ1v) is 6.23. The van der Waals surface area contributed by atoms with Crippen molar-refractivity contribution in [3.8, 4) is 12.1 Å². The van der Waals surface area contributed by atoms with Gasteiger partial charge in [-0.05, 0) is 17.5 Å². The summed E-state index contributed by atoms with van der Waals surface area (Å²) in [7, 11) is 0. The van der Waals surface area contributed by atoms with E-state index in [1.165, 1.54) is 0 Å². The Morgan fingerprint density at radius 2 is 1.16 bits per heavy atom. The third kappa shape index (κ3) is 1.41. The predicted molar refractivity (Wildman–Crippen MR) is 71.9 cm³/mol. The highest BCUT2D eigenvalue weighted by atomic mass is 14.7. The van der Waals surface area contributed by atoms with Gasteiger partial charge in [0.05, 0.1) is 17.6 Å². The molecule has 0 N–H and O–H groups in total. The zero-order valence-corrected chi connectivity index (χ0v) is 10.4. The van der Waals surface area contributed by atoms with Gasteiger partial charge in [-0.25, -0.2) is 0 Å². The number of nitriles is 2. The van der Waals surface area contributed by atoms with Crippen molar-refractivity contribution >= 4 is 0 Å². The van der Waals surface area contributed by atoms with Crippen LogP contribution in [0.1, 0.15) is 17.5 Å². The molecule has 1 aliphatic carbocycles. The molecule has 0 unspecified atom stereocenters. The lowest BCUT2D eigenvalue weighted by Gasteiger charge is -2.19. The maximum absolute atomic E-state index is 9.44. The third-order valence-electron chi connectivity index (χ3n) is 4.05. The minimum Gasteiger partial charge on any atom is -0.197 e. The molecule has 0 amide bonds. The Labute approximate surface area is 112 Å². The number of hydrogen-bond donors (Lipinski definition) is 0. The number of nitrogens with zero attached hydrogens (tertiary/aromatic N) is 2. The van der Waals surface area contributed by atoms with Crippen molar-refractivity contribution in [2.75, 3.05) is 0 Å². The highest BCUT2D eigenvalue weighted by molar-refractivity contribution is 5.57. The van der Waals surface area contributed by atoms with Gasteiger partial charge in [-0.15, -0.1) is 0 Å². The van der Waals surface area contributed by atoms with Crippen molar-refractivity contribution in [1.29, 1.82) is 10.5 Å². The predicted octanol–water partition coefficient (Wildman–Crippen LogP) is 3.41. The van der Waals surface area contributed by atoms with Gasteiger partial charge in [0, 0.05) is 0 Å². The molecule has 1 fully saturated rings. The van der Waals surface area contributed by atoms with Crippen molar-refractivity contribution in [2.24, 2.45) is 5.41 Å². The topological polar surface area (TPSA) is 47.6 Å². The summed E-state index contributed by atoms with van der Waals surface area (Å²) >= 11 is 0.